The molecule has 0 heterocycles. The first-order valence-electron chi connectivity index (χ1n) is 7.30. The van der Waals surface area contributed by atoms with Crippen LogP contribution in [0, 0.1) is 0 Å². The normalized spacial score (nSPS) is 22.1. The Labute approximate surface area is 104 Å². The van der Waals surface area contributed by atoms with Gasteiger partial charge in [-0.1, -0.05) is 57.8 Å². The average Bonchev–Trinajstić information content (AvgIpc) is 2.28. The predicted molar refractivity (Wildman–Crippen MR) is 68.6 cm³/mol. The van der Waals surface area contributed by atoms with Crippen LogP contribution >= 0.6 is 0 Å². The molecule has 102 valence electrons. The lowest BCUT2D eigenvalue weighted by molar-refractivity contribution is 0.139. The standard InChI is InChI=1S/C14H27F2N/c15-14(16)12-17-13-10-8-6-4-2-1-3-5-7-9-11-13/h13-14,17H,1-12H2. The molecular formula is C14H27F2N. The van der Waals surface area contributed by atoms with Gasteiger partial charge in [0.05, 0.1) is 6.54 Å². The van der Waals surface area contributed by atoms with Crippen LogP contribution in [-0.4, -0.2) is 19.0 Å². The van der Waals surface area contributed by atoms with Crippen LogP contribution in [0.2, 0.25) is 0 Å². The summed E-state index contributed by atoms with van der Waals surface area (Å²) < 4.78 is 24.3. The van der Waals surface area contributed by atoms with Crippen molar-refractivity contribution in [1.29, 1.82) is 0 Å². The van der Waals surface area contributed by atoms with E-state index in [2.05, 4.69) is 5.32 Å². The zero-order chi connectivity index (χ0) is 12.3. The predicted octanol–water partition coefficient (Wildman–Crippen LogP) is 4.51. The smallest absolute Gasteiger partial charge is 0.250 e. The van der Waals surface area contributed by atoms with Crippen molar-refractivity contribution in [2.75, 3.05) is 6.54 Å². The highest BCUT2D eigenvalue weighted by Gasteiger charge is 2.11. The number of hydrogen-bond donors (Lipinski definition) is 1. The van der Waals surface area contributed by atoms with Gasteiger partial charge in [-0.2, -0.15) is 0 Å². The summed E-state index contributed by atoms with van der Waals surface area (Å²) in [5, 5.41) is 3.02. The Morgan fingerprint density at radius 1 is 0.765 bits per heavy atom. The van der Waals surface area contributed by atoms with E-state index >= 15 is 0 Å². The second-order valence-electron chi connectivity index (χ2n) is 5.26. The van der Waals surface area contributed by atoms with Crippen molar-refractivity contribution in [3.63, 3.8) is 0 Å². The molecule has 0 aliphatic heterocycles. The molecule has 0 spiro atoms. The van der Waals surface area contributed by atoms with E-state index in [0.29, 0.717) is 6.04 Å². The summed E-state index contributed by atoms with van der Waals surface area (Å²) >= 11 is 0. The van der Waals surface area contributed by atoms with Crippen molar-refractivity contribution >= 4 is 0 Å². The monoisotopic (exact) mass is 247 g/mol. The number of rotatable bonds is 3. The molecule has 1 saturated carbocycles. The van der Waals surface area contributed by atoms with Crippen molar-refractivity contribution in [3.8, 4) is 0 Å². The van der Waals surface area contributed by atoms with Crippen LogP contribution in [0.5, 0.6) is 0 Å². The van der Waals surface area contributed by atoms with Crippen LogP contribution in [0.4, 0.5) is 8.78 Å². The largest absolute Gasteiger partial charge is 0.309 e. The number of nitrogens with one attached hydrogen (secondary N) is 1. The van der Waals surface area contributed by atoms with Gasteiger partial charge < -0.3 is 5.32 Å². The highest BCUT2D eigenvalue weighted by molar-refractivity contribution is 4.68. The first kappa shape index (κ1) is 14.9. The molecule has 1 aliphatic carbocycles. The molecule has 0 aromatic rings. The first-order valence-corrected chi connectivity index (χ1v) is 7.30. The fraction of sp³-hybridized carbons (Fsp3) is 1.00. The van der Waals surface area contributed by atoms with Gasteiger partial charge in [0.15, 0.2) is 0 Å². The zero-order valence-electron chi connectivity index (χ0n) is 10.9. The van der Waals surface area contributed by atoms with Gasteiger partial charge in [0.25, 0.3) is 6.43 Å². The van der Waals surface area contributed by atoms with Crippen LogP contribution in [0.15, 0.2) is 0 Å². The summed E-state index contributed by atoms with van der Waals surface area (Å²) in [6.45, 7) is -0.134. The molecule has 0 unspecified atom stereocenters. The zero-order valence-corrected chi connectivity index (χ0v) is 10.9. The summed E-state index contributed by atoms with van der Waals surface area (Å²) in [4.78, 5) is 0. The summed E-state index contributed by atoms with van der Waals surface area (Å²) in [7, 11) is 0. The number of alkyl halides is 2. The molecule has 0 saturated heterocycles. The lowest BCUT2D eigenvalue weighted by atomic mass is 9.98. The van der Waals surface area contributed by atoms with E-state index < -0.39 is 6.43 Å². The molecule has 0 aromatic carbocycles. The van der Waals surface area contributed by atoms with E-state index in [1.165, 1.54) is 57.8 Å². The molecule has 17 heavy (non-hydrogen) atoms. The summed E-state index contributed by atoms with van der Waals surface area (Å²) in [5.74, 6) is 0. The first-order chi connectivity index (χ1) is 8.29. The third-order valence-electron chi connectivity index (χ3n) is 3.67. The molecule has 1 nitrogen and oxygen atoms in total. The third-order valence-corrected chi connectivity index (χ3v) is 3.67. The quantitative estimate of drug-likeness (QED) is 0.773. The van der Waals surface area contributed by atoms with Crippen molar-refractivity contribution in [1.82, 2.24) is 5.32 Å². The van der Waals surface area contributed by atoms with Gasteiger partial charge in [0, 0.05) is 6.04 Å². The molecule has 0 aromatic heterocycles. The van der Waals surface area contributed by atoms with Crippen LogP contribution in [-0.2, 0) is 0 Å². The minimum Gasteiger partial charge on any atom is -0.309 e. The fourth-order valence-electron chi connectivity index (χ4n) is 2.62. The SMILES string of the molecule is FC(F)CNC1CCCCCCCCCCC1. The van der Waals surface area contributed by atoms with Gasteiger partial charge in [0.2, 0.25) is 0 Å². The Morgan fingerprint density at radius 2 is 1.18 bits per heavy atom. The Hall–Kier alpha value is -0.180. The second-order valence-corrected chi connectivity index (χ2v) is 5.26. The van der Waals surface area contributed by atoms with Crippen LogP contribution in [0.1, 0.15) is 70.6 Å². The maximum atomic E-state index is 12.2. The lowest BCUT2D eigenvalue weighted by Crippen LogP contribution is -2.33. The van der Waals surface area contributed by atoms with E-state index in [-0.39, 0.29) is 6.54 Å². The maximum absolute atomic E-state index is 12.2. The van der Waals surface area contributed by atoms with Gasteiger partial charge in [-0.25, -0.2) is 8.78 Å². The Balaban J connectivity index is 2.22. The molecule has 3 heteroatoms. The van der Waals surface area contributed by atoms with E-state index in [9.17, 15) is 8.78 Å². The molecule has 1 aliphatic rings. The molecular weight excluding hydrogens is 220 g/mol. The summed E-state index contributed by atoms with van der Waals surface area (Å²) in [6, 6.07) is 0.323. The molecule has 1 N–H and O–H groups in total. The molecule has 0 radical (unpaired) electrons. The Morgan fingerprint density at radius 3 is 1.59 bits per heavy atom. The van der Waals surface area contributed by atoms with Gasteiger partial charge in [0.1, 0.15) is 0 Å². The third kappa shape index (κ3) is 8.53. The van der Waals surface area contributed by atoms with Crippen molar-refractivity contribution in [3.05, 3.63) is 0 Å². The highest BCUT2D eigenvalue weighted by Crippen LogP contribution is 2.17. The topological polar surface area (TPSA) is 12.0 Å². The maximum Gasteiger partial charge on any atom is 0.250 e. The minimum atomic E-state index is -2.21. The Bertz CT molecular complexity index is 162. The van der Waals surface area contributed by atoms with Gasteiger partial charge in [-0.05, 0) is 12.8 Å². The number of halogens is 2. The highest BCUT2D eigenvalue weighted by atomic mass is 19.3. The second kappa shape index (κ2) is 9.81. The lowest BCUT2D eigenvalue weighted by Gasteiger charge is -2.19. The molecule has 1 fully saturated rings. The average molecular weight is 247 g/mol. The van der Waals surface area contributed by atoms with E-state index in [4.69, 9.17) is 0 Å². The molecule has 0 amide bonds. The summed E-state index contributed by atoms with van der Waals surface area (Å²) in [5.41, 5.74) is 0. The minimum absolute atomic E-state index is 0.134. The van der Waals surface area contributed by atoms with E-state index in [1.54, 1.807) is 0 Å². The van der Waals surface area contributed by atoms with E-state index in [1.807, 2.05) is 0 Å². The molecule has 1 rings (SSSR count). The van der Waals surface area contributed by atoms with Crippen LogP contribution < -0.4 is 5.32 Å². The Kier molecular flexibility index (Phi) is 8.59. The van der Waals surface area contributed by atoms with Crippen LogP contribution in [0.3, 0.4) is 0 Å². The van der Waals surface area contributed by atoms with Crippen molar-refractivity contribution in [2.45, 2.75) is 83.1 Å². The van der Waals surface area contributed by atoms with Gasteiger partial charge in [-0.3, -0.25) is 0 Å². The van der Waals surface area contributed by atoms with Gasteiger partial charge in [-0.15, -0.1) is 0 Å². The van der Waals surface area contributed by atoms with Gasteiger partial charge >= 0.3 is 0 Å². The molecule has 0 bridgehead atoms. The summed E-state index contributed by atoms with van der Waals surface area (Å²) in [6.07, 6.45) is 11.6. The van der Waals surface area contributed by atoms with E-state index in [0.717, 1.165) is 12.8 Å². The van der Waals surface area contributed by atoms with Crippen LogP contribution in [0.25, 0.3) is 0 Å². The number of hydrogen-bond acceptors (Lipinski definition) is 1. The molecule has 0 atom stereocenters. The van der Waals surface area contributed by atoms with Crippen molar-refractivity contribution < 1.29 is 8.78 Å². The van der Waals surface area contributed by atoms with Crippen molar-refractivity contribution in [2.24, 2.45) is 0 Å². The fourth-order valence-corrected chi connectivity index (χ4v) is 2.62.